The highest BCUT2D eigenvalue weighted by Crippen LogP contribution is 2.06. The molecule has 0 radical (unpaired) electrons. The molecule has 7 heteroatoms. The van der Waals surface area contributed by atoms with Crippen LogP contribution in [0, 0.1) is 0 Å². The Morgan fingerprint density at radius 1 is 1.62 bits per heavy atom. The van der Waals surface area contributed by atoms with E-state index in [0.29, 0.717) is 11.5 Å². The molecule has 2 heterocycles. The first-order valence-electron chi connectivity index (χ1n) is 4.90. The third-order valence-electron chi connectivity index (χ3n) is 2.23. The first-order chi connectivity index (χ1) is 7.70. The third kappa shape index (κ3) is 1.92. The fourth-order valence-electron chi connectivity index (χ4n) is 1.39. The second-order valence-electron chi connectivity index (χ2n) is 3.31. The summed E-state index contributed by atoms with van der Waals surface area (Å²) < 4.78 is 1.69. The van der Waals surface area contributed by atoms with Crippen LogP contribution in [0.25, 0.3) is 0 Å². The van der Waals surface area contributed by atoms with Gasteiger partial charge in [-0.1, -0.05) is 6.92 Å². The van der Waals surface area contributed by atoms with Crippen LogP contribution in [0.15, 0.2) is 12.3 Å². The van der Waals surface area contributed by atoms with Crippen LogP contribution in [0.3, 0.4) is 0 Å². The molecule has 0 spiro atoms. The lowest BCUT2D eigenvalue weighted by molar-refractivity contribution is 0.102. The Morgan fingerprint density at radius 3 is 3.00 bits per heavy atom. The number of hydrogen-bond donors (Lipinski definition) is 2. The van der Waals surface area contributed by atoms with Gasteiger partial charge >= 0.3 is 0 Å². The fraction of sp³-hybridized carbons (Fsp3) is 0.333. The van der Waals surface area contributed by atoms with Crippen LogP contribution in [-0.4, -0.2) is 31.1 Å². The maximum Gasteiger partial charge on any atom is 0.277 e. The van der Waals surface area contributed by atoms with E-state index < -0.39 is 0 Å². The molecule has 1 amide bonds. The normalized spacial score (nSPS) is 10.4. The molecule has 7 nitrogen and oxygen atoms in total. The number of aromatic amines is 1. The molecule has 0 fully saturated rings. The largest absolute Gasteiger partial charge is 0.302 e. The van der Waals surface area contributed by atoms with Crippen molar-refractivity contribution in [3.8, 4) is 0 Å². The van der Waals surface area contributed by atoms with Crippen LogP contribution >= 0.6 is 0 Å². The Morgan fingerprint density at radius 2 is 2.44 bits per heavy atom. The van der Waals surface area contributed by atoms with Gasteiger partial charge in [0.15, 0.2) is 11.5 Å². The van der Waals surface area contributed by atoms with E-state index in [0.717, 1.165) is 12.1 Å². The predicted molar refractivity (Wildman–Crippen MR) is 56.9 cm³/mol. The van der Waals surface area contributed by atoms with Crippen molar-refractivity contribution >= 4 is 11.7 Å². The second-order valence-corrected chi connectivity index (χ2v) is 3.31. The highest BCUT2D eigenvalue weighted by Gasteiger charge is 2.12. The zero-order valence-corrected chi connectivity index (χ0v) is 9.06. The molecule has 0 bridgehead atoms. The minimum absolute atomic E-state index is 0.288. The molecule has 0 unspecified atom stereocenters. The minimum Gasteiger partial charge on any atom is -0.302 e. The van der Waals surface area contributed by atoms with Crippen molar-refractivity contribution in [1.82, 2.24) is 25.2 Å². The number of hydrogen-bond acceptors (Lipinski definition) is 4. The van der Waals surface area contributed by atoms with E-state index in [1.165, 1.54) is 6.20 Å². The number of aryl methyl sites for hydroxylation is 2. The maximum absolute atomic E-state index is 11.7. The average Bonchev–Trinajstić information content (AvgIpc) is 2.87. The Balaban J connectivity index is 2.15. The molecule has 2 aromatic rings. The molecule has 0 aliphatic rings. The summed E-state index contributed by atoms with van der Waals surface area (Å²) in [5.74, 6) is 0.0953. The third-order valence-corrected chi connectivity index (χ3v) is 2.23. The average molecular weight is 220 g/mol. The lowest BCUT2D eigenvalue weighted by Gasteiger charge is -1.95. The van der Waals surface area contributed by atoms with Crippen LogP contribution in [0.4, 0.5) is 5.82 Å². The fourth-order valence-corrected chi connectivity index (χ4v) is 1.39. The van der Waals surface area contributed by atoms with Crippen molar-refractivity contribution in [2.45, 2.75) is 13.3 Å². The van der Waals surface area contributed by atoms with Gasteiger partial charge in [-0.2, -0.15) is 15.4 Å². The highest BCUT2D eigenvalue weighted by atomic mass is 16.2. The van der Waals surface area contributed by atoms with Crippen LogP contribution < -0.4 is 5.32 Å². The van der Waals surface area contributed by atoms with Crippen molar-refractivity contribution in [2.24, 2.45) is 7.05 Å². The van der Waals surface area contributed by atoms with Gasteiger partial charge in [-0.25, -0.2) is 0 Å². The minimum atomic E-state index is -0.288. The molecule has 0 aliphatic carbocycles. The summed E-state index contributed by atoms with van der Waals surface area (Å²) in [7, 11) is 1.81. The molecule has 0 aromatic carbocycles. The summed E-state index contributed by atoms with van der Waals surface area (Å²) in [6.45, 7) is 2.01. The van der Waals surface area contributed by atoms with Gasteiger partial charge < -0.3 is 5.32 Å². The van der Waals surface area contributed by atoms with E-state index >= 15 is 0 Å². The smallest absolute Gasteiger partial charge is 0.277 e. The van der Waals surface area contributed by atoms with Crippen molar-refractivity contribution in [3.05, 3.63) is 23.7 Å². The van der Waals surface area contributed by atoms with Gasteiger partial charge in [0.05, 0.1) is 6.20 Å². The van der Waals surface area contributed by atoms with E-state index in [2.05, 4.69) is 25.8 Å². The van der Waals surface area contributed by atoms with Gasteiger partial charge in [0.25, 0.3) is 5.91 Å². The number of nitrogens with one attached hydrogen (secondary N) is 2. The van der Waals surface area contributed by atoms with Gasteiger partial charge in [-0.05, 0) is 12.5 Å². The van der Waals surface area contributed by atoms with Crippen LogP contribution in [0.2, 0.25) is 0 Å². The summed E-state index contributed by atoms with van der Waals surface area (Å²) in [5.41, 5.74) is 1.38. The summed E-state index contributed by atoms with van der Waals surface area (Å²) in [4.78, 5) is 11.7. The Hall–Kier alpha value is -2.18. The summed E-state index contributed by atoms with van der Waals surface area (Å²) in [5, 5.41) is 16.4. The first-order valence-corrected chi connectivity index (χ1v) is 4.90. The van der Waals surface area contributed by atoms with Crippen molar-refractivity contribution in [1.29, 1.82) is 0 Å². The Labute approximate surface area is 91.9 Å². The van der Waals surface area contributed by atoms with E-state index in [9.17, 15) is 4.79 Å². The summed E-state index contributed by atoms with van der Waals surface area (Å²) >= 11 is 0. The lowest BCUT2D eigenvalue weighted by Crippen LogP contribution is -2.13. The summed E-state index contributed by atoms with van der Waals surface area (Å²) in [6.07, 6.45) is 2.27. The first kappa shape index (κ1) is 10.3. The number of carbonyl (C=O) groups is 1. The lowest BCUT2D eigenvalue weighted by atomic mass is 10.3. The van der Waals surface area contributed by atoms with Crippen molar-refractivity contribution in [3.63, 3.8) is 0 Å². The Bertz CT molecular complexity index is 486. The van der Waals surface area contributed by atoms with Crippen LogP contribution in [-0.2, 0) is 13.5 Å². The standard InChI is InChI=1S/C9H12N6O/c1-3-6-4-7(13-15(6)2)9(16)11-8-5-10-14-12-8/h4-5H,3H2,1-2H3,(H2,10,11,12,14,16). The number of anilines is 1. The van der Waals surface area contributed by atoms with Crippen LogP contribution in [0.1, 0.15) is 23.1 Å². The summed E-state index contributed by atoms with van der Waals surface area (Å²) in [6, 6.07) is 1.76. The van der Waals surface area contributed by atoms with E-state index in [1.807, 2.05) is 14.0 Å². The molecule has 2 aromatic heterocycles. The van der Waals surface area contributed by atoms with Gasteiger partial charge in [0.1, 0.15) is 0 Å². The molecule has 2 N–H and O–H groups in total. The monoisotopic (exact) mass is 220 g/mol. The second kappa shape index (κ2) is 4.13. The van der Waals surface area contributed by atoms with Gasteiger partial charge in [-0.15, -0.1) is 5.10 Å². The highest BCUT2D eigenvalue weighted by molar-refractivity contribution is 6.02. The Kier molecular flexibility index (Phi) is 2.67. The molecule has 0 saturated carbocycles. The molecule has 16 heavy (non-hydrogen) atoms. The van der Waals surface area contributed by atoms with E-state index in [1.54, 1.807) is 10.7 Å². The van der Waals surface area contributed by atoms with Gasteiger partial charge in [0.2, 0.25) is 0 Å². The number of rotatable bonds is 3. The molecule has 0 saturated heterocycles. The number of nitrogens with zero attached hydrogens (tertiary/aromatic N) is 4. The zero-order chi connectivity index (χ0) is 11.5. The molecule has 84 valence electrons. The van der Waals surface area contributed by atoms with Gasteiger partial charge in [0, 0.05) is 12.7 Å². The number of amides is 1. The van der Waals surface area contributed by atoms with Crippen LogP contribution in [0.5, 0.6) is 0 Å². The molecule has 0 aliphatic heterocycles. The SMILES string of the molecule is CCc1cc(C(=O)Nc2cn[nH]n2)nn1C. The van der Waals surface area contributed by atoms with E-state index in [4.69, 9.17) is 0 Å². The molecule has 0 atom stereocenters. The number of carbonyl (C=O) groups excluding carboxylic acids is 1. The quantitative estimate of drug-likeness (QED) is 0.781. The zero-order valence-electron chi connectivity index (χ0n) is 9.06. The molecular formula is C9H12N6O. The van der Waals surface area contributed by atoms with Gasteiger partial charge in [-0.3, -0.25) is 9.48 Å². The van der Waals surface area contributed by atoms with E-state index in [-0.39, 0.29) is 5.91 Å². The number of H-pyrrole nitrogens is 1. The van der Waals surface area contributed by atoms with Crippen molar-refractivity contribution in [2.75, 3.05) is 5.32 Å². The van der Waals surface area contributed by atoms with Crippen molar-refractivity contribution < 1.29 is 4.79 Å². The topological polar surface area (TPSA) is 88.5 Å². The predicted octanol–water partition coefficient (Wildman–Crippen LogP) is 0.353. The molecular weight excluding hydrogens is 208 g/mol. The molecule has 2 rings (SSSR count). The maximum atomic E-state index is 11.7. The number of aromatic nitrogens is 5.